The Labute approximate surface area is 104 Å². The van der Waals surface area contributed by atoms with Crippen LogP contribution < -0.4 is 4.90 Å². The number of hydrogen-bond donors (Lipinski definition) is 1. The molecule has 1 aliphatic heterocycles. The van der Waals surface area contributed by atoms with E-state index in [1.807, 2.05) is 0 Å². The molecule has 1 aromatic rings. The van der Waals surface area contributed by atoms with Crippen LogP contribution in [0.15, 0.2) is 12.4 Å². The zero-order valence-electron chi connectivity index (χ0n) is 9.77. The summed E-state index contributed by atoms with van der Waals surface area (Å²) in [6.45, 7) is 3.90. The molecule has 17 heavy (non-hydrogen) atoms. The van der Waals surface area contributed by atoms with Crippen molar-refractivity contribution < 1.29 is 9.50 Å². The number of aliphatic hydroxyl groups is 1. The third kappa shape index (κ3) is 2.66. The van der Waals surface area contributed by atoms with Crippen molar-refractivity contribution >= 4 is 17.4 Å². The van der Waals surface area contributed by atoms with Crippen LogP contribution in [0.5, 0.6) is 0 Å². The average molecular weight is 260 g/mol. The topological polar surface area (TPSA) is 49.2 Å². The second kappa shape index (κ2) is 4.38. The molecule has 0 radical (unpaired) electrons. The molecule has 1 fully saturated rings. The maximum absolute atomic E-state index is 13.8. The summed E-state index contributed by atoms with van der Waals surface area (Å²) in [7, 11) is 0. The zero-order chi connectivity index (χ0) is 12.6. The summed E-state index contributed by atoms with van der Waals surface area (Å²) in [4.78, 5) is 9.62. The molecule has 0 aliphatic carbocycles. The molecule has 0 amide bonds. The van der Waals surface area contributed by atoms with E-state index in [9.17, 15) is 9.50 Å². The maximum Gasteiger partial charge on any atom is 0.134 e. The van der Waals surface area contributed by atoms with Crippen LogP contribution in [0.1, 0.15) is 13.8 Å². The van der Waals surface area contributed by atoms with E-state index in [-0.39, 0.29) is 6.54 Å². The number of nitrogens with zero attached hydrogens (tertiary/aromatic N) is 3. The van der Waals surface area contributed by atoms with Crippen molar-refractivity contribution in [1.82, 2.24) is 9.97 Å². The lowest BCUT2D eigenvalue weighted by atomic mass is 9.89. The number of aromatic nitrogens is 2. The Morgan fingerprint density at radius 1 is 1.47 bits per heavy atom. The van der Waals surface area contributed by atoms with Gasteiger partial charge in [0.15, 0.2) is 0 Å². The summed E-state index contributed by atoms with van der Waals surface area (Å²) in [5.74, 6) is 0.177. The number of rotatable bonds is 2. The summed E-state index contributed by atoms with van der Waals surface area (Å²) >= 11 is 5.77. The van der Waals surface area contributed by atoms with Crippen molar-refractivity contribution in [3.8, 4) is 0 Å². The lowest BCUT2D eigenvalue weighted by Crippen LogP contribution is -2.37. The van der Waals surface area contributed by atoms with Gasteiger partial charge in [0.05, 0.1) is 12.1 Å². The predicted octanol–water partition coefficient (Wildman–Crippen LogP) is 1.68. The Hall–Kier alpha value is -0.940. The summed E-state index contributed by atoms with van der Waals surface area (Å²) < 4.78 is 13.8. The summed E-state index contributed by atoms with van der Waals surface area (Å²) in [5, 5.41) is 10.2. The first-order chi connectivity index (χ1) is 7.88. The number of alkyl halides is 1. The van der Waals surface area contributed by atoms with E-state index in [0.29, 0.717) is 17.5 Å². The normalized spacial score (nSPS) is 25.4. The van der Waals surface area contributed by atoms with Crippen molar-refractivity contribution in [2.24, 2.45) is 5.92 Å². The highest BCUT2D eigenvalue weighted by Gasteiger charge is 2.42. The molecule has 1 aromatic heterocycles. The highest BCUT2D eigenvalue weighted by Crippen LogP contribution is 2.32. The first-order valence-corrected chi connectivity index (χ1v) is 5.84. The fraction of sp³-hybridized carbons (Fsp3) is 0.636. The number of halogens is 2. The standard InChI is InChI=1S/C11H15ClFN3O/c1-11(2,17)7-4-16(5-8(7)13)10-3-9(12)14-6-15-10/h3,6-8,17H,4-5H2,1-2H3/t7?,8-/m0/s1. The van der Waals surface area contributed by atoms with Crippen molar-refractivity contribution in [2.75, 3.05) is 18.0 Å². The van der Waals surface area contributed by atoms with E-state index < -0.39 is 17.7 Å². The Morgan fingerprint density at radius 2 is 2.18 bits per heavy atom. The van der Waals surface area contributed by atoms with Crippen LogP contribution in [0.2, 0.25) is 5.15 Å². The highest BCUT2D eigenvalue weighted by atomic mass is 35.5. The van der Waals surface area contributed by atoms with Crippen LogP contribution in [0.25, 0.3) is 0 Å². The molecule has 94 valence electrons. The Bertz CT molecular complexity index is 410. The molecule has 2 rings (SSSR count). The number of anilines is 1. The molecule has 1 N–H and O–H groups in total. The second-order valence-electron chi connectivity index (χ2n) is 4.88. The van der Waals surface area contributed by atoms with E-state index >= 15 is 0 Å². The smallest absolute Gasteiger partial charge is 0.134 e. The fourth-order valence-corrected chi connectivity index (χ4v) is 2.26. The van der Waals surface area contributed by atoms with Gasteiger partial charge in [-0.1, -0.05) is 11.6 Å². The molecule has 2 atom stereocenters. The van der Waals surface area contributed by atoms with Gasteiger partial charge in [0.1, 0.15) is 23.5 Å². The van der Waals surface area contributed by atoms with Gasteiger partial charge in [-0.3, -0.25) is 0 Å². The van der Waals surface area contributed by atoms with Gasteiger partial charge in [-0.05, 0) is 13.8 Å². The molecule has 6 heteroatoms. The second-order valence-corrected chi connectivity index (χ2v) is 5.27. The lowest BCUT2D eigenvalue weighted by molar-refractivity contribution is -0.000240. The van der Waals surface area contributed by atoms with Crippen molar-refractivity contribution in [1.29, 1.82) is 0 Å². The molecule has 1 aliphatic rings. The molecule has 1 saturated heterocycles. The molecule has 0 bridgehead atoms. The van der Waals surface area contributed by atoms with E-state index in [1.54, 1.807) is 24.8 Å². The molecule has 0 saturated carbocycles. The fourth-order valence-electron chi connectivity index (χ4n) is 2.11. The van der Waals surface area contributed by atoms with Gasteiger partial charge in [0.25, 0.3) is 0 Å². The number of hydrogen-bond acceptors (Lipinski definition) is 4. The average Bonchev–Trinajstić information content (AvgIpc) is 2.60. The third-order valence-corrected chi connectivity index (χ3v) is 3.31. The van der Waals surface area contributed by atoms with Crippen LogP contribution in [0.4, 0.5) is 10.2 Å². The van der Waals surface area contributed by atoms with Crippen molar-refractivity contribution in [3.05, 3.63) is 17.5 Å². The van der Waals surface area contributed by atoms with Crippen LogP contribution in [-0.2, 0) is 0 Å². The monoisotopic (exact) mass is 259 g/mol. The highest BCUT2D eigenvalue weighted by molar-refractivity contribution is 6.29. The van der Waals surface area contributed by atoms with Gasteiger partial charge in [-0.2, -0.15) is 0 Å². The zero-order valence-corrected chi connectivity index (χ0v) is 10.5. The Morgan fingerprint density at radius 3 is 2.71 bits per heavy atom. The minimum absolute atomic E-state index is 0.224. The van der Waals surface area contributed by atoms with Gasteiger partial charge in [-0.25, -0.2) is 14.4 Å². The first-order valence-electron chi connectivity index (χ1n) is 5.47. The van der Waals surface area contributed by atoms with Crippen LogP contribution in [-0.4, -0.2) is 39.9 Å². The van der Waals surface area contributed by atoms with E-state index in [1.165, 1.54) is 6.33 Å². The third-order valence-electron chi connectivity index (χ3n) is 3.10. The van der Waals surface area contributed by atoms with Crippen LogP contribution in [0, 0.1) is 5.92 Å². The largest absolute Gasteiger partial charge is 0.390 e. The summed E-state index contributed by atoms with van der Waals surface area (Å²) in [6.07, 6.45) is 0.284. The van der Waals surface area contributed by atoms with E-state index in [0.717, 1.165) is 0 Å². The van der Waals surface area contributed by atoms with Crippen molar-refractivity contribution in [2.45, 2.75) is 25.6 Å². The van der Waals surface area contributed by atoms with E-state index in [2.05, 4.69) is 9.97 Å². The molecule has 0 spiro atoms. The molecule has 2 heterocycles. The minimum Gasteiger partial charge on any atom is -0.390 e. The minimum atomic E-state index is -1.07. The molecular weight excluding hydrogens is 245 g/mol. The molecular formula is C11H15ClFN3O. The SMILES string of the molecule is CC(C)(O)C1CN(c2cc(Cl)ncn2)C[C@@H]1F. The predicted molar refractivity (Wildman–Crippen MR) is 63.9 cm³/mol. The first kappa shape index (κ1) is 12.5. The molecule has 0 aromatic carbocycles. The molecule has 4 nitrogen and oxygen atoms in total. The van der Waals surface area contributed by atoms with Gasteiger partial charge >= 0.3 is 0 Å². The lowest BCUT2D eigenvalue weighted by Gasteiger charge is -2.26. The van der Waals surface area contributed by atoms with Crippen molar-refractivity contribution in [3.63, 3.8) is 0 Å². The van der Waals surface area contributed by atoms with Crippen LogP contribution >= 0.6 is 11.6 Å². The van der Waals surface area contributed by atoms with Gasteiger partial charge in [-0.15, -0.1) is 0 Å². The summed E-state index contributed by atoms with van der Waals surface area (Å²) in [6, 6.07) is 1.60. The Balaban J connectivity index is 2.17. The molecule has 1 unspecified atom stereocenters. The quantitative estimate of drug-likeness (QED) is 0.821. The van der Waals surface area contributed by atoms with Gasteiger partial charge < -0.3 is 10.0 Å². The van der Waals surface area contributed by atoms with Gasteiger partial charge in [0.2, 0.25) is 0 Å². The maximum atomic E-state index is 13.8. The van der Waals surface area contributed by atoms with Gasteiger partial charge in [0, 0.05) is 18.5 Å². The Kier molecular flexibility index (Phi) is 3.23. The van der Waals surface area contributed by atoms with Crippen LogP contribution in [0.3, 0.4) is 0 Å². The summed E-state index contributed by atoms with van der Waals surface area (Å²) in [5.41, 5.74) is -1.04. The van der Waals surface area contributed by atoms with E-state index in [4.69, 9.17) is 11.6 Å².